The van der Waals surface area contributed by atoms with Crippen molar-refractivity contribution in [2.45, 2.75) is 19.4 Å². The fourth-order valence-corrected chi connectivity index (χ4v) is 2.20. The van der Waals surface area contributed by atoms with Gasteiger partial charge in [0.2, 0.25) is 0 Å². The lowest BCUT2D eigenvalue weighted by Crippen LogP contribution is -2.12. The second-order valence-electron chi connectivity index (χ2n) is 4.11. The van der Waals surface area contributed by atoms with Gasteiger partial charge in [0, 0.05) is 18.3 Å². The third kappa shape index (κ3) is 1.41. The number of imidazole rings is 1. The first-order valence-corrected chi connectivity index (χ1v) is 5.34. The standard InChI is InChI=1S/C11H14N4/c1-8-4-11-10(6-13-8)14-7-15(11)9-2-3-12-5-9/h4,6-7,9,12H,2-3,5H2,1H3/t9-/m1/s1. The summed E-state index contributed by atoms with van der Waals surface area (Å²) >= 11 is 0. The number of aryl methyl sites for hydroxylation is 1. The van der Waals surface area contributed by atoms with Gasteiger partial charge in [0.05, 0.1) is 18.0 Å². The van der Waals surface area contributed by atoms with Crippen LogP contribution in [0.1, 0.15) is 18.2 Å². The summed E-state index contributed by atoms with van der Waals surface area (Å²) in [6.07, 6.45) is 4.97. The average Bonchev–Trinajstić information content (AvgIpc) is 2.83. The molecule has 3 rings (SSSR count). The van der Waals surface area contributed by atoms with E-state index in [4.69, 9.17) is 0 Å². The van der Waals surface area contributed by atoms with Crippen LogP contribution < -0.4 is 5.32 Å². The highest BCUT2D eigenvalue weighted by molar-refractivity contribution is 5.74. The van der Waals surface area contributed by atoms with Crippen molar-refractivity contribution in [1.29, 1.82) is 0 Å². The minimum atomic E-state index is 0.553. The van der Waals surface area contributed by atoms with Crippen LogP contribution in [-0.4, -0.2) is 27.6 Å². The van der Waals surface area contributed by atoms with E-state index in [1.807, 2.05) is 19.4 Å². The third-order valence-electron chi connectivity index (χ3n) is 3.03. The van der Waals surface area contributed by atoms with Crippen LogP contribution in [0.4, 0.5) is 0 Å². The highest BCUT2D eigenvalue weighted by Crippen LogP contribution is 2.21. The minimum Gasteiger partial charge on any atom is -0.326 e. The Balaban J connectivity index is 2.13. The monoisotopic (exact) mass is 202 g/mol. The van der Waals surface area contributed by atoms with Crippen LogP contribution in [-0.2, 0) is 0 Å². The van der Waals surface area contributed by atoms with Crippen molar-refractivity contribution >= 4 is 11.0 Å². The number of nitrogens with zero attached hydrogens (tertiary/aromatic N) is 3. The highest BCUT2D eigenvalue weighted by atomic mass is 15.1. The zero-order valence-electron chi connectivity index (χ0n) is 8.77. The summed E-state index contributed by atoms with van der Waals surface area (Å²) in [5, 5.41) is 3.38. The van der Waals surface area contributed by atoms with Gasteiger partial charge in [-0.15, -0.1) is 0 Å². The molecule has 15 heavy (non-hydrogen) atoms. The Bertz CT molecular complexity index is 482. The number of pyridine rings is 1. The van der Waals surface area contributed by atoms with Crippen LogP contribution in [0.5, 0.6) is 0 Å². The Kier molecular flexibility index (Phi) is 1.95. The van der Waals surface area contributed by atoms with E-state index in [-0.39, 0.29) is 0 Å². The summed E-state index contributed by atoms with van der Waals surface area (Å²) in [5.74, 6) is 0. The molecule has 0 spiro atoms. The Morgan fingerprint density at radius 3 is 3.20 bits per heavy atom. The van der Waals surface area contributed by atoms with Gasteiger partial charge in [-0.05, 0) is 26.0 Å². The molecule has 1 saturated heterocycles. The maximum absolute atomic E-state index is 4.38. The van der Waals surface area contributed by atoms with Gasteiger partial charge in [-0.2, -0.15) is 0 Å². The molecule has 1 atom stereocenters. The Labute approximate surface area is 88.3 Å². The summed E-state index contributed by atoms with van der Waals surface area (Å²) in [5.41, 5.74) is 3.25. The number of aromatic nitrogens is 3. The SMILES string of the molecule is Cc1cc2c(cn1)ncn2[C@@H]1CCNC1. The van der Waals surface area contributed by atoms with E-state index in [0.717, 1.165) is 24.3 Å². The molecule has 4 heteroatoms. The second kappa shape index (κ2) is 3.31. The zero-order valence-corrected chi connectivity index (χ0v) is 8.77. The lowest BCUT2D eigenvalue weighted by Gasteiger charge is -2.11. The van der Waals surface area contributed by atoms with Gasteiger partial charge in [-0.1, -0.05) is 0 Å². The Morgan fingerprint density at radius 1 is 1.47 bits per heavy atom. The van der Waals surface area contributed by atoms with Crippen molar-refractivity contribution in [3.63, 3.8) is 0 Å². The van der Waals surface area contributed by atoms with E-state index >= 15 is 0 Å². The van der Waals surface area contributed by atoms with Gasteiger partial charge >= 0.3 is 0 Å². The summed E-state index contributed by atoms with van der Waals surface area (Å²) in [6, 6.07) is 2.66. The predicted octanol–water partition coefficient (Wildman–Crippen LogP) is 1.27. The van der Waals surface area contributed by atoms with E-state index in [0.29, 0.717) is 6.04 Å². The number of rotatable bonds is 1. The number of hydrogen-bond acceptors (Lipinski definition) is 3. The lowest BCUT2D eigenvalue weighted by molar-refractivity contribution is 0.561. The molecule has 0 saturated carbocycles. The van der Waals surface area contributed by atoms with Gasteiger partial charge in [0.25, 0.3) is 0 Å². The number of nitrogens with one attached hydrogen (secondary N) is 1. The largest absolute Gasteiger partial charge is 0.326 e. The summed E-state index contributed by atoms with van der Waals surface area (Å²) in [4.78, 5) is 8.63. The minimum absolute atomic E-state index is 0.553. The van der Waals surface area contributed by atoms with E-state index in [1.165, 1.54) is 11.9 Å². The molecule has 78 valence electrons. The summed E-state index contributed by atoms with van der Waals surface area (Å²) in [7, 11) is 0. The van der Waals surface area contributed by atoms with Gasteiger partial charge < -0.3 is 9.88 Å². The molecule has 1 aliphatic rings. The fraction of sp³-hybridized carbons (Fsp3) is 0.455. The van der Waals surface area contributed by atoms with Crippen molar-refractivity contribution in [1.82, 2.24) is 19.9 Å². The van der Waals surface area contributed by atoms with Crippen LogP contribution in [0.15, 0.2) is 18.6 Å². The van der Waals surface area contributed by atoms with Crippen LogP contribution >= 0.6 is 0 Å². The molecule has 1 fully saturated rings. The summed E-state index contributed by atoms with van der Waals surface area (Å²) in [6.45, 7) is 4.17. The maximum Gasteiger partial charge on any atom is 0.107 e. The van der Waals surface area contributed by atoms with Crippen molar-refractivity contribution in [2.75, 3.05) is 13.1 Å². The molecule has 3 heterocycles. The zero-order chi connectivity index (χ0) is 10.3. The molecular formula is C11H14N4. The Hall–Kier alpha value is -1.42. The Morgan fingerprint density at radius 2 is 2.40 bits per heavy atom. The molecule has 0 aromatic carbocycles. The predicted molar refractivity (Wildman–Crippen MR) is 58.8 cm³/mol. The normalized spacial score (nSPS) is 21.3. The second-order valence-corrected chi connectivity index (χ2v) is 4.11. The van der Waals surface area contributed by atoms with E-state index in [1.54, 1.807) is 0 Å². The van der Waals surface area contributed by atoms with Crippen LogP contribution in [0.25, 0.3) is 11.0 Å². The number of fused-ring (bicyclic) bond motifs is 1. The van der Waals surface area contributed by atoms with Gasteiger partial charge in [-0.3, -0.25) is 4.98 Å². The van der Waals surface area contributed by atoms with E-state index in [9.17, 15) is 0 Å². The first kappa shape index (κ1) is 8.85. The molecule has 2 aromatic rings. The summed E-state index contributed by atoms with van der Waals surface area (Å²) < 4.78 is 2.27. The molecular weight excluding hydrogens is 188 g/mol. The van der Waals surface area contributed by atoms with Crippen LogP contribution in [0.3, 0.4) is 0 Å². The smallest absolute Gasteiger partial charge is 0.107 e. The average molecular weight is 202 g/mol. The molecule has 1 N–H and O–H groups in total. The fourth-order valence-electron chi connectivity index (χ4n) is 2.20. The van der Waals surface area contributed by atoms with E-state index < -0.39 is 0 Å². The van der Waals surface area contributed by atoms with Gasteiger partial charge in [0.15, 0.2) is 0 Å². The first-order chi connectivity index (χ1) is 7.34. The highest BCUT2D eigenvalue weighted by Gasteiger charge is 2.18. The molecule has 0 amide bonds. The van der Waals surface area contributed by atoms with Gasteiger partial charge in [-0.25, -0.2) is 4.98 Å². The van der Waals surface area contributed by atoms with E-state index in [2.05, 4.69) is 25.9 Å². The van der Waals surface area contributed by atoms with Crippen LogP contribution in [0, 0.1) is 6.92 Å². The first-order valence-electron chi connectivity index (χ1n) is 5.34. The quantitative estimate of drug-likeness (QED) is 0.757. The third-order valence-corrected chi connectivity index (χ3v) is 3.03. The van der Waals surface area contributed by atoms with Crippen molar-refractivity contribution in [3.8, 4) is 0 Å². The number of hydrogen-bond donors (Lipinski definition) is 1. The van der Waals surface area contributed by atoms with Crippen molar-refractivity contribution in [2.24, 2.45) is 0 Å². The molecule has 0 unspecified atom stereocenters. The lowest BCUT2D eigenvalue weighted by atomic mass is 10.2. The molecule has 0 bridgehead atoms. The molecule has 2 aromatic heterocycles. The van der Waals surface area contributed by atoms with Crippen molar-refractivity contribution in [3.05, 3.63) is 24.3 Å². The molecule has 4 nitrogen and oxygen atoms in total. The molecule has 0 aliphatic carbocycles. The maximum atomic E-state index is 4.38. The topological polar surface area (TPSA) is 42.7 Å². The molecule has 0 radical (unpaired) electrons. The van der Waals surface area contributed by atoms with Gasteiger partial charge in [0.1, 0.15) is 5.52 Å². The molecule has 1 aliphatic heterocycles. The van der Waals surface area contributed by atoms with Crippen LogP contribution in [0.2, 0.25) is 0 Å². The van der Waals surface area contributed by atoms with Crippen molar-refractivity contribution < 1.29 is 0 Å².